The maximum absolute atomic E-state index is 14.4. The van der Waals surface area contributed by atoms with Crippen molar-refractivity contribution >= 4 is 17.5 Å². The number of para-hydroxylation sites is 2. The van der Waals surface area contributed by atoms with Crippen molar-refractivity contribution in [2.24, 2.45) is 0 Å². The van der Waals surface area contributed by atoms with E-state index in [9.17, 15) is 9.59 Å². The van der Waals surface area contributed by atoms with Crippen LogP contribution < -0.4 is 14.4 Å². The van der Waals surface area contributed by atoms with Crippen LogP contribution in [0.25, 0.3) is 5.69 Å². The number of aryl methyl sites for hydroxylation is 1. The topological polar surface area (TPSA) is 64.0 Å². The van der Waals surface area contributed by atoms with Gasteiger partial charge in [-0.15, -0.1) is 0 Å². The van der Waals surface area contributed by atoms with Crippen molar-refractivity contribution < 1.29 is 19.1 Å². The fraction of sp³-hybridized carbons (Fsp3) is 0.250. The lowest BCUT2D eigenvalue weighted by Crippen LogP contribution is -2.47. The Morgan fingerprint density at radius 1 is 0.872 bits per heavy atom. The molecule has 1 aliphatic heterocycles. The molecule has 2 heterocycles. The van der Waals surface area contributed by atoms with E-state index in [-0.39, 0.29) is 30.4 Å². The number of carbonyl (C=O) groups is 2. The Labute approximate surface area is 228 Å². The van der Waals surface area contributed by atoms with Crippen LogP contribution in [0.5, 0.6) is 11.5 Å². The summed E-state index contributed by atoms with van der Waals surface area (Å²) in [5.41, 5.74) is 5.23. The second-order valence-electron chi connectivity index (χ2n) is 10.1. The lowest BCUT2D eigenvalue weighted by atomic mass is 9.96. The van der Waals surface area contributed by atoms with Gasteiger partial charge in [0.05, 0.1) is 31.3 Å². The first-order valence-electron chi connectivity index (χ1n) is 13.2. The van der Waals surface area contributed by atoms with Gasteiger partial charge in [-0.3, -0.25) is 14.5 Å². The zero-order chi connectivity index (χ0) is 27.1. The predicted molar refractivity (Wildman–Crippen MR) is 150 cm³/mol. The summed E-state index contributed by atoms with van der Waals surface area (Å²) in [6, 6.07) is 25.2. The molecule has 3 aromatic carbocycles. The number of methoxy groups -OCH3 is 2. The Bertz CT molecular complexity index is 1530. The van der Waals surface area contributed by atoms with Crippen molar-refractivity contribution in [1.29, 1.82) is 0 Å². The van der Waals surface area contributed by atoms with Crippen molar-refractivity contribution in [1.82, 2.24) is 9.47 Å². The molecule has 2 aliphatic rings. The Kier molecular flexibility index (Phi) is 6.35. The van der Waals surface area contributed by atoms with Crippen LogP contribution in [-0.4, -0.2) is 48.1 Å². The molecule has 0 bridgehead atoms. The minimum atomic E-state index is -0.334. The smallest absolute Gasteiger partial charge is 0.262 e. The Balaban J connectivity index is 1.42. The lowest BCUT2D eigenvalue weighted by Gasteiger charge is -2.39. The van der Waals surface area contributed by atoms with Gasteiger partial charge in [-0.1, -0.05) is 48.0 Å². The van der Waals surface area contributed by atoms with E-state index in [1.54, 1.807) is 23.1 Å². The third kappa shape index (κ3) is 4.34. The number of hydrogen-bond donors (Lipinski definition) is 0. The van der Waals surface area contributed by atoms with E-state index < -0.39 is 0 Å². The number of hydrogen-bond acceptors (Lipinski definition) is 4. The van der Waals surface area contributed by atoms with Crippen molar-refractivity contribution in [3.05, 3.63) is 107 Å². The van der Waals surface area contributed by atoms with Gasteiger partial charge in [-0.25, -0.2) is 0 Å². The maximum Gasteiger partial charge on any atom is 0.262 e. The molecule has 39 heavy (non-hydrogen) atoms. The molecule has 0 N–H and O–H groups in total. The van der Waals surface area contributed by atoms with Crippen molar-refractivity contribution in [3.63, 3.8) is 0 Å². The molecule has 0 saturated heterocycles. The number of fused-ring (bicyclic) bond motifs is 3. The Hall–Kier alpha value is -4.52. The molecule has 0 unspecified atom stereocenters. The number of nitrogens with zero attached hydrogens (tertiary/aromatic N) is 3. The van der Waals surface area contributed by atoms with Gasteiger partial charge in [0.2, 0.25) is 5.91 Å². The van der Waals surface area contributed by atoms with Gasteiger partial charge in [-0.05, 0) is 61.7 Å². The zero-order valence-corrected chi connectivity index (χ0v) is 22.3. The van der Waals surface area contributed by atoms with Crippen molar-refractivity contribution in [3.8, 4) is 17.2 Å². The summed E-state index contributed by atoms with van der Waals surface area (Å²) in [4.78, 5) is 32.0. The first kappa shape index (κ1) is 24.8. The highest BCUT2D eigenvalue weighted by atomic mass is 16.5. The molecule has 7 heteroatoms. The van der Waals surface area contributed by atoms with Crippen LogP contribution in [0.3, 0.4) is 0 Å². The number of benzene rings is 3. The minimum absolute atomic E-state index is 0.00242. The summed E-state index contributed by atoms with van der Waals surface area (Å²) >= 11 is 0. The summed E-state index contributed by atoms with van der Waals surface area (Å²) < 4.78 is 13.2. The van der Waals surface area contributed by atoms with Crippen LogP contribution in [0.1, 0.15) is 46.1 Å². The van der Waals surface area contributed by atoms with Crippen LogP contribution >= 0.6 is 0 Å². The highest BCUT2D eigenvalue weighted by Gasteiger charge is 2.41. The second kappa shape index (κ2) is 9.98. The Morgan fingerprint density at radius 3 is 2.23 bits per heavy atom. The molecule has 1 aromatic heterocycles. The Morgan fingerprint density at radius 2 is 1.56 bits per heavy atom. The van der Waals surface area contributed by atoms with Crippen molar-refractivity contribution in [2.45, 2.75) is 31.8 Å². The van der Waals surface area contributed by atoms with E-state index >= 15 is 0 Å². The molecular formula is C32H31N3O4. The standard InChI is InChI=1S/C32H31N3O4/c1-21-9-6-10-22(19-21)31-26-13-8-18-33(26)24-11-4-5-12-25(24)35(31)29(36)20-34(23-16-17-23)32(37)30-27(38-2)14-7-15-28(30)39-3/h4-15,18-19,23,31H,16-17,20H2,1-3H3/t31-/m1/s1. The van der Waals surface area contributed by atoms with Crippen LogP contribution in [0.15, 0.2) is 85.1 Å². The quantitative estimate of drug-likeness (QED) is 0.320. The van der Waals surface area contributed by atoms with Crippen LogP contribution in [0, 0.1) is 6.92 Å². The zero-order valence-electron chi connectivity index (χ0n) is 22.3. The largest absolute Gasteiger partial charge is 0.496 e. The molecule has 1 fully saturated rings. The summed E-state index contributed by atoms with van der Waals surface area (Å²) in [6.45, 7) is 2.00. The van der Waals surface area contributed by atoms with Gasteiger partial charge in [0, 0.05) is 12.2 Å². The highest BCUT2D eigenvalue weighted by molar-refractivity contribution is 6.05. The molecule has 1 saturated carbocycles. The fourth-order valence-electron chi connectivity index (χ4n) is 5.60. The first-order valence-corrected chi connectivity index (χ1v) is 13.2. The number of anilines is 1. The molecule has 2 amide bonds. The summed E-state index contributed by atoms with van der Waals surface area (Å²) in [6.07, 6.45) is 3.75. The molecule has 1 atom stereocenters. The average molecular weight is 522 g/mol. The molecular weight excluding hydrogens is 490 g/mol. The third-order valence-electron chi connectivity index (χ3n) is 7.54. The summed E-state index contributed by atoms with van der Waals surface area (Å²) in [7, 11) is 3.06. The van der Waals surface area contributed by atoms with E-state index in [0.29, 0.717) is 17.1 Å². The van der Waals surface area contributed by atoms with Crippen LogP contribution in [-0.2, 0) is 4.79 Å². The SMILES string of the molecule is COc1cccc(OC)c1C(=O)N(CC(=O)N1c2ccccc2-n2cccc2[C@H]1c1cccc(C)c1)C1CC1. The van der Waals surface area contributed by atoms with Crippen LogP contribution in [0.4, 0.5) is 5.69 Å². The minimum Gasteiger partial charge on any atom is -0.496 e. The molecule has 1 aliphatic carbocycles. The van der Waals surface area contributed by atoms with E-state index in [2.05, 4.69) is 35.8 Å². The van der Waals surface area contributed by atoms with Gasteiger partial charge >= 0.3 is 0 Å². The molecule has 0 radical (unpaired) electrons. The van der Waals surface area contributed by atoms with Gasteiger partial charge in [0.15, 0.2) is 0 Å². The normalized spacial score (nSPS) is 15.8. The number of aromatic nitrogens is 1. The monoisotopic (exact) mass is 521 g/mol. The lowest BCUT2D eigenvalue weighted by molar-refractivity contribution is -0.119. The molecule has 198 valence electrons. The predicted octanol–water partition coefficient (Wildman–Crippen LogP) is 5.54. The number of amides is 2. The number of rotatable bonds is 7. The fourth-order valence-corrected chi connectivity index (χ4v) is 5.60. The first-order chi connectivity index (χ1) is 19.0. The van der Waals surface area contributed by atoms with Gasteiger partial charge < -0.3 is 18.9 Å². The van der Waals surface area contributed by atoms with E-state index in [1.165, 1.54) is 14.2 Å². The van der Waals surface area contributed by atoms with Gasteiger partial charge in [0.1, 0.15) is 29.6 Å². The number of ether oxygens (including phenoxy) is 2. The van der Waals surface area contributed by atoms with E-state index in [4.69, 9.17) is 9.47 Å². The van der Waals surface area contributed by atoms with E-state index in [1.807, 2.05) is 47.5 Å². The van der Waals surface area contributed by atoms with Crippen LogP contribution in [0.2, 0.25) is 0 Å². The van der Waals surface area contributed by atoms with Gasteiger partial charge in [-0.2, -0.15) is 0 Å². The maximum atomic E-state index is 14.4. The van der Waals surface area contributed by atoms with Crippen molar-refractivity contribution in [2.75, 3.05) is 25.7 Å². The summed E-state index contributed by atoms with van der Waals surface area (Å²) in [5.74, 6) is 0.448. The molecule has 7 nitrogen and oxygen atoms in total. The molecule has 6 rings (SSSR count). The van der Waals surface area contributed by atoms with E-state index in [0.717, 1.165) is 41.0 Å². The molecule has 4 aromatic rings. The van der Waals surface area contributed by atoms with Gasteiger partial charge in [0.25, 0.3) is 5.91 Å². The summed E-state index contributed by atoms with van der Waals surface area (Å²) in [5, 5.41) is 0. The average Bonchev–Trinajstić information content (AvgIpc) is 3.69. The number of carbonyl (C=O) groups excluding carboxylic acids is 2. The third-order valence-corrected chi connectivity index (χ3v) is 7.54. The highest BCUT2D eigenvalue weighted by Crippen LogP contribution is 2.43. The second-order valence-corrected chi connectivity index (χ2v) is 10.1. The molecule has 0 spiro atoms.